The van der Waals surface area contributed by atoms with Crippen LogP contribution < -0.4 is 4.74 Å². The van der Waals surface area contributed by atoms with Crippen molar-refractivity contribution in [1.82, 2.24) is 0 Å². The van der Waals surface area contributed by atoms with Crippen LogP contribution in [-0.2, 0) is 0 Å². The molecule has 0 heterocycles. The number of ether oxygens (including phenoxy) is 1. The van der Waals surface area contributed by atoms with Gasteiger partial charge in [0, 0.05) is 5.92 Å². The van der Waals surface area contributed by atoms with Crippen LogP contribution in [0.3, 0.4) is 0 Å². The van der Waals surface area contributed by atoms with Crippen molar-refractivity contribution >= 4 is 0 Å². The van der Waals surface area contributed by atoms with E-state index < -0.39 is 0 Å². The highest BCUT2D eigenvalue weighted by Gasteiger charge is 2.15. The molecule has 2 nitrogen and oxygen atoms in total. The molecule has 3 heteroatoms. The molecule has 2 aromatic rings. The molecule has 19 heavy (non-hydrogen) atoms. The van der Waals surface area contributed by atoms with Crippen LogP contribution in [0.1, 0.15) is 17.0 Å². The third-order valence-electron chi connectivity index (χ3n) is 3.04. The Morgan fingerprint density at radius 3 is 2.42 bits per heavy atom. The van der Waals surface area contributed by atoms with Crippen molar-refractivity contribution in [2.45, 2.75) is 12.8 Å². The zero-order valence-electron chi connectivity index (χ0n) is 10.8. The van der Waals surface area contributed by atoms with Crippen LogP contribution in [0.25, 0.3) is 0 Å². The first-order valence-electron chi connectivity index (χ1n) is 6.25. The molecule has 0 saturated heterocycles. The molecule has 0 amide bonds. The van der Waals surface area contributed by atoms with Crippen LogP contribution >= 0.6 is 0 Å². The summed E-state index contributed by atoms with van der Waals surface area (Å²) < 4.78 is 19.2. The fourth-order valence-electron chi connectivity index (χ4n) is 1.88. The van der Waals surface area contributed by atoms with Crippen molar-refractivity contribution in [3.05, 3.63) is 65.5 Å². The maximum atomic E-state index is 13.6. The van der Waals surface area contributed by atoms with Gasteiger partial charge in [0.05, 0.1) is 13.2 Å². The summed E-state index contributed by atoms with van der Waals surface area (Å²) in [4.78, 5) is 0. The van der Waals surface area contributed by atoms with Crippen LogP contribution in [0, 0.1) is 12.7 Å². The van der Waals surface area contributed by atoms with E-state index >= 15 is 0 Å². The first kappa shape index (κ1) is 13.6. The van der Waals surface area contributed by atoms with Gasteiger partial charge in [-0.25, -0.2) is 4.39 Å². The SMILES string of the molecule is Cc1ccc(OCC(CO)c2ccccc2F)cc1. The van der Waals surface area contributed by atoms with Crippen LogP contribution in [0.15, 0.2) is 48.5 Å². The molecule has 0 aromatic heterocycles. The second kappa shape index (κ2) is 6.34. The Morgan fingerprint density at radius 1 is 1.11 bits per heavy atom. The average Bonchev–Trinajstić information content (AvgIpc) is 2.43. The predicted molar refractivity (Wildman–Crippen MR) is 72.9 cm³/mol. The molecule has 0 aliphatic carbocycles. The number of aliphatic hydroxyl groups excluding tert-OH is 1. The molecule has 0 bridgehead atoms. The summed E-state index contributed by atoms with van der Waals surface area (Å²) in [5.41, 5.74) is 1.64. The molecule has 1 atom stereocenters. The molecule has 100 valence electrons. The van der Waals surface area contributed by atoms with Gasteiger partial charge in [-0.05, 0) is 30.7 Å². The highest BCUT2D eigenvalue weighted by atomic mass is 19.1. The first-order valence-corrected chi connectivity index (χ1v) is 6.25. The van der Waals surface area contributed by atoms with E-state index in [1.165, 1.54) is 6.07 Å². The molecular formula is C16H17FO2. The summed E-state index contributed by atoms with van der Waals surface area (Å²) in [6.45, 7) is 2.10. The number of hydrogen-bond acceptors (Lipinski definition) is 2. The van der Waals surface area contributed by atoms with Crippen LogP contribution in [0.2, 0.25) is 0 Å². The molecule has 0 radical (unpaired) electrons. The Bertz CT molecular complexity index is 523. The molecule has 1 unspecified atom stereocenters. The minimum atomic E-state index is -0.359. The molecule has 0 fully saturated rings. The van der Waals surface area contributed by atoms with Gasteiger partial charge in [0.1, 0.15) is 11.6 Å². The normalized spacial score (nSPS) is 12.2. The monoisotopic (exact) mass is 260 g/mol. The number of halogens is 1. The lowest BCUT2D eigenvalue weighted by atomic mass is 10.0. The van der Waals surface area contributed by atoms with Crippen molar-refractivity contribution in [2.24, 2.45) is 0 Å². The second-order valence-corrected chi connectivity index (χ2v) is 4.53. The van der Waals surface area contributed by atoms with Crippen LogP contribution in [0.5, 0.6) is 5.75 Å². The van der Waals surface area contributed by atoms with E-state index in [9.17, 15) is 9.50 Å². The quantitative estimate of drug-likeness (QED) is 0.894. The standard InChI is InChI=1S/C16H17FO2/c1-12-6-8-14(9-7-12)19-11-13(10-18)15-4-2-3-5-16(15)17/h2-9,13,18H,10-11H2,1H3. The molecule has 0 saturated carbocycles. The van der Waals surface area contributed by atoms with Crippen molar-refractivity contribution in [2.75, 3.05) is 13.2 Å². The fourth-order valence-corrected chi connectivity index (χ4v) is 1.88. The van der Waals surface area contributed by atoms with Gasteiger partial charge in [0.25, 0.3) is 0 Å². The molecule has 0 aliphatic heterocycles. The number of hydrogen-bond donors (Lipinski definition) is 1. The van der Waals surface area contributed by atoms with Gasteiger partial charge >= 0.3 is 0 Å². The summed E-state index contributed by atoms with van der Waals surface area (Å²) in [5, 5.41) is 9.38. The number of aliphatic hydroxyl groups is 1. The first-order chi connectivity index (χ1) is 9.20. The van der Waals surface area contributed by atoms with E-state index in [1.807, 2.05) is 31.2 Å². The van der Waals surface area contributed by atoms with E-state index in [4.69, 9.17) is 4.74 Å². The van der Waals surface area contributed by atoms with Crippen molar-refractivity contribution < 1.29 is 14.2 Å². The van der Waals surface area contributed by atoms with E-state index in [-0.39, 0.29) is 24.9 Å². The lowest BCUT2D eigenvalue weighted by molar-refractivity contribution is 0.202. The summed E-state index contributed by atoms with van der Waals surface area (Å²) in [5.74, 6) is 0.0527. The maximum Gasteiger partial charge on any atom is 0.126 e. The largest absolute Gasteiger partial charge is 0.493 e. The Balaban J connectivity index is 2.04. The highest BCUT2D eigenvalue weighted by Crippen LogP contribution is 2.21. The lowest BCUT2D eigenvalue weighted by Crippen LogP contribution is -2.15. The maximum absolute atomic E-state index is 13.6. The van der Waals surface area contributed by atoms with E-state index in [1.54, 1.807) is 18.2 Å². The van der Waals surface area contributed by atoms with Gasteiger partial charge in [-0.15, -0.1) is 0 Å². The highest BCUT2D eigenvalue weighted by molar-refractivity contribution is 5.27. The van der Waals surface area contributed by atoms with Gasteiger partial charge in [-0.1, -0.05) is 35.9 Å². The van der Waals surface area contributed by atoms with Gasteiger partial charge in [0.15, 0.2) is 0 Å². The Kier molecular flexibility index (Phi) is 4.53. The van der Waals surface area contributed by atoms with Crippen LogP contribution in [0.4, 0.5) is 4.39 Å². The number of rotatable bonds is 5. The Labute approximate surface area is 112 Å². The Hall–Kier alpha value is -1.87. The molecular weight excluding hydrogens is 243 g/mol. The molecule has 2 rings (SSSR count). The zero-order valence-corrected chi connectivity index (χ0v) is 10.8. The smallest absolute Gasteiger partial charge is 0.126 e. The molecule has 2 aromatic carbocycles. The van der Waals surface area contributed by atoms with Crippen molar-refractivity contribution in [1.29, 1.82) is 0 Å². The van der Waals surface area contributed by atoms with E-state index in [0.717, 1.165) is 11.3 Å². The van der Waals surface area contributed by atoms with E-state index in [2.05, 4.69) is 0 Å². The second-order valence-electron chi connectivity index (χ2n) is 4.53. The van der Waals surface area contributed by atoms with Crippen molar-refractivity contribution in [3.8, 4) is 5.75 Å². The van der Waals surface area contributed by atoms with Crippen molar-refractivity contribution in [3.63, 3.8) is 0 Å². The predicted octanol–water partition coefficient (Wildman–Crippen LogP) is 3.29. The summed E-state index contributed by atoms with van der Waals surface area (Å²) in [6.07, 6.45) is 0. The molecule has 0 spiro atoms. The third-order valence-corrected chi connectivity index (χ3v) is 3.04. The van der Waals surface area contributed by atoms with Crippen LogP contribution in [-0.4, -0.2) is 18.3 Å². The number of aryl methyl sites for hydroxylation is 1. The molecule has 1 N–H and O–H groups in total. The zero-order chi connectivity index (χ0) is 13.7. The summed E-state index contributed by atoms with van der Waals surface area (Å²) in [6, 6.07) is 14.1. The number of benzene rings is 2. The third kappa shape index (κ3) is 3.55. The molecule has 0 aliphatic rings. The average molecular weight is 260 g/mol. The van der Waals surface area contributed by atoms with Gasteiger partial charge in [-0.2, -0.15) is 0 Å². The fraction of sp³-hybridized carbons (Fsp3) is 0.250. The van der Waals surface area contributed by atoms with Gasteiger partial charge < -0.3 is 9.84 Å². The minimum Gasteiger partial charge on any atom is -0.493 e. The van der Waals surface area contributed by atoms with E-state index in [0.29, 0.717) is 5.56 Å². The minimum absolute atomic E-state index is 0.146. The summed E-state index contributed by atoms with van der Waals surface area (Å²) >= 11 is 0. The van der Waals surface area contributed by atoms with Gasteiger partial charge in [0.2, 0.25) is 0 Å². The Morgan fingerprint density at radius 2 is 1.79 bits per heavy atom. The topological polar surface area (TPSA) is 29.5 Å². The van der Waals surface area contributed by atoms with Gasteiger partial charge in [-0.3, -0.25) is 0 Å². The lowest BCUT2D eigenvalue weighted by Gasteiger charge is -2.16. The summed E-state index contributed by atoms with van der Waals surface area (Å²) in [7, 11) is 0.